The van der Waals surface area contributed by atoms with Crippen molar-refractivity contribution in [1.29, 1.82) is 0 Å². The number of hydrogen-bond donors (Lipinski definition) is 1. The van der Waals surface area contributed by atoms with Crippen molar-refractivity contribution in [2.45, 2.75) is 59.0 Å². The van der Waals surface area contributed by atoms with Gasteiger partial charge < -0.3 is 10.3 Å². The van der Waals surface area contributed by atoms with E-state index in [1.54, 1.807) is 0 Å². The predicted molar refractivity (Wildman–Crippen MR) is 74.8 cm³/mol. The van der Waals surface area contributed by atoms with E-state index < -0.39 is 0 Å². The highest BCUT2D eigenvalue weighted by atomic mass is 16.1. The highest BCUT2D eigenvalue weighted by Gasteiger charge is 2.20. The number of hydrogen-bond acceptors (Lipinski definition) is 2. The van der Waals surface area contributed by atoms with Crippen molar-refractivity contribution in [2.75, 3.05) is 0 Å². The van der Waals surface area contributed by atoms with Gasteiger partial charge in [0.1, 0.15) is 0 Å². The summed E-state index contributed by atoms with van der Waals surface area (Å²) in [5.41, 5.74) is 9.42. The lowest BCUT2D eigenvalue weighted by Gasteiger charge is -2.17. The zero-order valence-corrected chi connectivity index (χ0v) is 11.7. The van der Waals surface area contributed by atoms with Gasteiger partial charge in [0.25, 0.3) is 5.56 Å². The molecule has 0 aliphatic heterocycles. The Labute approximate surface area is 109 Å². The molecule has 2 rings (SSSR count). The molecule has 0 spiro atoms. The molecule has 0 saturated heterocycles. The minimum absolute atomic E-state index is 0.131. The van der Waals surface area contributed by atoms with Gasteiger partial charge in [-0.3, -0.25) is 4.79 Å². The zero-order chi connectivity index (χ0) is 13.3. The average Bonchev–Trinajstić information content (AvgIpc) is 2.74. The Morgan fingerprint density at radius 2 is 2.06 bits per heavy atom. The number of nitrogens with zero attached hydrogens (tertiary/aromatic N) is 1. The first kappa shape index (κ1) is 13.3. The van der Waals surface area contributed by atoms with Gasteiger partial charge in [-0.2, -0.15) is 0 Å². The predicted octanol–water partition coefficient (Wildman–Crippen LogP) is 2.40. The quantitative estimate of drug-likeness (QED) is 0.889. The van der Waals surface area contributed by atoms with Crippen molar-refractivity contribution in [2.24, 2.45) is 11.7 Å². The molecule has 0 fully saturated rings. The van der Waals surface area contributed by atoms with Crippen molar-refractivity contribution in [3.63, 3.8) is 0 Å². The standard InChI is InChI=1S/C15H24N2O/c1-10(2)7-8-17-14-6-4-5-12(14)9-13(11(3)16)15(17)18/h9-11H,4-8,16H2,1-3H3. The maximum Gasteiger partial charge on any atom is 0.255 e. The minimum Gasteiger partial charge on any atom is -0.324 e. The molecule has 1 aliphatic carbocycles. The van der Waals surface area contributed by atoms with Gasteiger partial charge >= 0.3 is 0 Å². The lowest BCUT2D eigenvalue weighted by atomic mass is 10.1. The van der Waals surface area contributed by atoms with Crippen LogP contribution < -0.4 is 11.3 Å². The first-order valence-corrected chi connectivity index (χ1v) is 7.01. The van der Waals surface area contributed by atoms with Crippen LogP contribution in [0.4, 0.5) is 0 Å². The van der Waals surface area contributed by atoms with E-state index in [0.717, 1.165) is 31.4 Å². The number of nitrogens with two attached hydrogens (primary N) is 1. The van der Waals surface area contributed by atoms with E-state index in [1.807, 2.05) is 17.6 Å². The van der Waals surface area contributed by atoms with Crippen LogP contribution in [0, 0.1) is 5.92 Å². The topological polar surface area (TPSA) is 48.0 Å². The molecular weight excluding hydrogens is 224 g/mol. The van der Waals surface area contributed by atoms with Gasteiger partial charge in [-0.15, -0.1) is 0 Å². The monoisotopic (exact) mass is 248 g/mol. The van der Waals surface area contributed by atoms with Crippen molar-refractivity contribution in [1.82, 2.24) is 4.57 Å². The van der Waals surface area contributed by atoms with E-state index in [2.05, 4.69) is 13.8 Å². The lowest BCUT2D eigenvalue weighted by molar-refractivity contribution is 0.495. The molecule has 1 aromatic heterocycles. The first-order chi connectivity index (χ1) is 8.50. The van der Waals surface area contributed by atoms with E-state index in [9.17, 15) is 4.79 Å². The Morgan fingerprint density at radius 1 is 1.33 bits per heavy atom. The first-order valence-electron chi connectivity index (χ1n) is 7.01. The summed E-state index contributed by atoms with van der Waals surface area (Å²) < 4.78 is 1.99. The number of pyridine rings is 1. The number of aryl methyl sites for hydroxylation is 1. The van der Waals surface area contributed by atoms with Crippen molar-refractivity contribution >= 4 is 0 Å². The van der Waals surface area contributed by atoms with Crippen LogP contribution in [0.2, 0.25) is 0 Å². The number of rotatable bonds is 4. The maximum absolute atomic E-state index is 12.5. The molecule has 0 radical (unpaired) electrons. The summed E-state index contributed by atoms with van der Waals surface area (Å²) in [5.74, 6) is 0.618. The van der Waals surface area contributed by atoms with Crippen LogP contribution in [0.15, 0.2) is 10.9 Å². The van der Waals surface area contributed by atoms with Gasteiger partial charge in [-0.1, -0.05) is 13.8 Å². The van der Waals surface area contributed by atoms with E-state index in [4.69, 9.17) is 5.73 Å². The summed E-state index contributed by atoms with van der Waals surface area (Å²) in [7, 11) is 0. The fourth-order valence-corrected chi connectivity index (χ4v) is 2.69. The average molecular weight is 248 g/mol. The highest BCUT2D eigenvalue weighted by Crippen LogP contribution is 2.23. The molecule has 1 heterocycles. The second-order valence-corrected chi connectivity index (χ2v) is 5.85. The minimum atomic E-state index is -0.172. The molecular formula is C15H24N2O. The van der Waals surface area contributed by atoms with Gasteiger partial charge in [0.15, 0.2) is 0 Å². The van der Waals surface area contributed by atoms with Crippen LogP contribution in [-0.4, -0.2) is 4.57 Å². The Bertz CT molecular complexity index is 486. The molecule has 0 aromatic carbocycles. The molecule has 0 amide bonds. The SMILES string of the molecule is CC(C)CCn1c2c(cc(C(C)N)c1=O)CCC2. The largest absolute Gasteiger partial charge is 0.324 e. The number of fused-ring (bicyclic) bond motifs is 1. The molecule has 1 unspecified atom stereocenters. The van der Waals surface area contributed by atoms with Crippen molar-refractivity contribution in [3.8, 4) is 0 Å². The van der Waals surface area contributed by atoms with Gasteiger partial charge in [0, 0.05) is 23.8 Å². The van der Waals surface area contributed by atoms with E-state index >= 15 is 0 Å². The van der Waals surface area contributed by atoms with Crippen LogP contribution in [0.3, 0.4) is 0 Å². The van der Waals surface area contributed by atoms with Gasteiger partial charge in [0.2, 0.25) is 0 Å². The fourth-order valence-electron chi connectivity index (χ4n) is 2.69. The normalized spacial score (nSPS) is 16.1. The summed E-state index contributed by atoms with van der Waals surface area (Å²) in [5, 5.41) is 0. The van der Waals surface area contributed by atoms with E-state index in [0.29, 0.717) is 5.92 Å². The third kappa shape index (κ3) is 2.51. The summed E-state index contributed by atoms with van der Waals surface area (Å²) in [6, 6.07) is 1.87. The number of aromatic nitrogens is 1. The van der Waals surface area contributed by atoms with Crippen molar-refractivity contribution < 1.29 is 0 Å². The Hall–Kier alpha value is -1.09. The third-order valence-electron chi connectivity index (χ3n) is 3.80. The molecule has 3 heteroatoms. The molecule has 1 atom stereocenters. The zero-order valence-electron chi connectivity index (χ0n) is 11.7. The summed E-state index contributed by atoms with van der Waals surface area (Å²) in [6.07, 6.45) is 4.35. The molecule has 0 saturated carbocycles. The molecule has 0 bridgehead atoms. The van der Waals surface area contributed by atoms with Crippen molar-refractivity contribution in [3.05, 3.63) is 33.2 Å². The molecule has 1 aliphatic rings. The Morgan fingerprint density at radius 3 is 2.67 bits per heavy atom. The summed E-state index contributed by atoms with van der Waals surface area (Å²) in [6.45, 7) is 7.12. The van der Waals surface area contributed by atoms with Gasteiger partial charge in [-0.25, -0.2) is 0 Å². The molecule has 100 valence electrons. The maximum atomic E-state index is 12.5. The van der Waals surface area contributed by atoms with Crippen LogP contribution in [0.5, 0.6) is 0 Å². The Balaban J connectivity index is 2.45. The summed E-state index contributed by atoms with van der Waals surface area (Å²) in [4.78, 5) is 12.5. The summed E-state index contributed by atoms with van der Waals surface area (Å²) >= 11 is 0. The molecule has 3 nitrogen and oxygen atoms in total. The highest BCUT2D eigenvalue weighted by molar-refractivity contribution is 5.31. The van der Waals surface area contributed by atoms with Crippen LogP contribution in [0.1, 0.15) is 56.5 Å². The van der Waals surface area contributed by atoms with Crippen LogP contribution in [-0.2, 0) is 19.4 Å². The second-order valence-electron chi connectivity index (χ2n) is 5.85. The second kappa shape index (κ2) is 5.27. The third-order valence-corrected chi connectivity index (χ3v) is 3.80. The van der Waals surface area contributed by atoms with Crippen LogP contribution >= 0.6 is 0 Å². The van der Waals surface area contributed by atoms with Crippen LogP contribution in [0.25, 0.3) is 0 Å². The van der Waals surface area contributed by atoms with E-state index in [1.165, 1.54) is 17.7 Å². The lowest BCUT2D eigenvalue weighted by Crippen LogP contribution is -2.30. The molecule has 2 N–H and O–H groups in total. The van der Waals surface area contributed by atoms with E-state index in [-0.39, 0.29) is 11.6 Å². The smallest absolute Gasteiger partial charge is 0.255 e. The fraction of sp³-hybridized carbons (Fsp3) is 0.667. The van der Waals surface area contributed by atoms with Gasteiger partial charge in [-0.05, 0) is 50.2 Å². The van der Waals surface area contributed by atoms with Gasteiger partial charge in [0.05, 0.1) is 0 Å². The molecule has 18 heavy (non-hydrogen) atoms. The molecule has 1 aromatic rings. The Kier molecular flexibility index (Phi) is 3.91.